The number of nitrogens with zero attached hydrogens (tertiary/aromatic N) is 4. The summed E-state index contributed by atoms with van der Waals surface area (Å²) in [5.41, 5.74) is 1.43. The highest BCUT2D eigenvalue weighted by Gasteiger charge is 2.26. The number of amides is 1. The van der Waals surface area contributed by atoms with E-state index >= 15 is 0 Å². The number of ether oxygens (including phenoxy) is 1. The first-order chi connectivity index (χ1) is 14.0. The molecule has 1 amide bonds. The highest BCUT2D eigenvalue weighted by Crippen LogP contribution is 2.36. The van der Waals surface area contributed by atoms with Crippen molar-refractivity contribution < 1.29 is 13.9 Å². The number of hydrogen-bond acceptors (Lipinski definition) is 7. The second-order valence-corrected chi connectivity index (χ2v) is 8.02. The Labute approximate surface area is 172 Å². The van der Waals surface area contributed by atoms with E-state index in [1.807, 2.05) is 11.8 Å². The smallest absolute Gasteiger partial charge is 0.264 e. The molecule has 1 fully saturated rings. The maximum absolute atomic E-state index is 13.5. The van der Waals surface area contributed by atoms with E-state index in [2.05, 4.69) is 27.2 Å². The Hall–Kier alpha value is -2.78. The third-order valence-electron chi connectivity index (χ3n) is 5.13. The molecular weight excluding hydrogens is 393 g/mol. The predicted molar refractivity (Wildman–Crippen MR) is 112 cm³/mol. The molecule has 7 nitrogen and oxygen atoms in total. The van der Waals surface area contributed by atoms with E-state index in [0.29, 0.717) is 35.2 Å². The van der Waals surface area contributed by atoms with Crippen LogP contribution in [0.5, 0.6) is 5.75 Å². The van der Waals surface area contributed by atoms with E-state index in [1.54, 1.807) is 6.07 Å². The van der Waals surface area contributed by atoms with Gasteiger partial charge >= 0.3 is 0 Å². The van der Waals surface area contributed by atoms with E-state index < -0.39 is 0 Å². The van der Waals surface area contributed by atoms with Gasteiger partial charge in [0.1, 0.15) is 28.5 Å². The van der Waals surface area contributed by atoms with E-state index in [0.717, 1.165) is 28.9 Å². The van der Waals surface area contributed by atoms with Crippen molar-refractivity contribution in [1.29, 1.82) is 0 Å². The summed E-state index contributed by atoms with van der Waals surface area (Å²) < 4.78 is 18.8. The molecule has 0 spiro atoms. The minimum absolute atomic E-state index is 0.0314. The molecule has 2 aromatic heterocycles. The summed E-state index contributed by atoms with van der Waals surface area (Å²) in [6.07, 6.45) is 1.46. The van der Waals surface area contributed by atoms with Gasteiger partial charge in [-0.1, -0.05) is 0 Å². The lowest BCUT2D eigenvalue weighted by Crippen LogP contribution is -2.47. The van der Waals surface area contributed by atoms with Crippen LogP contribution < -0.4 is 10.1 Å². The van der Waals surface area contributed by atoms with Crippen LogP contribution in [0.1, 0.15) is 15.2 Å². The normalized spacial score (nSPS) is 15.0. The van der Waals surface area contributed by atoms with Crippen LogP contribution in [-0.2, 0) is 0 Å². The van der Waals surface area contributed by atoms with E-state index in [4.69, 9.17) is 4.74 Å². The molecule has 1 aliphatic heterocycles. The van der Waals surface area contributed by atoms with Gasteiger partial charge in [0.25, 0.3) is 5.91 Å². The first kappa shape index (κ1) is 19.5. The number of hydrogen-bond donors (Lipinski definition) is 1. The molecule has 0 unspecified atom stereocenters. The van der Waals surface area contributed by atoms with Gasteiger partial charge in [-0.15, -0.1) is 11.3 Å². The maximum atomic E-state index is 13.5. The molecular formula is C20H22FN5O2S. The van der Waals surface area contributed by atoms with Crippen molar-refractivity contribution in [3.63, 3.8) is 0 Å². The molecule has 3 heterocycles. The highest BCUT2D eigenvalue weighted by molar-refractivity contribution is 7.20. The third kappa shape index (κ3) is 3.75. The number of thiophene rings is 1. The van der Waals surface area contributed by atoms with Gasteiger partial charge in [-0.05, 0) is 31.7 Å². The van der Waals surface area contributed by atoms with Crippen molar-refractivity contribution in [1.82, 2.24) is 19.8 Å². The maximum Gasteiger partial charge on any atom is 0.264 e. The van der Waals surface area contributed by atoms with Crippen LogP contribution in [-0.4, -0.2) is 66.0 Å². The number of nitrogens with one attached hydrogen (secondary N) is 1. The number of halogens is 1. The van der Waals surface area contributed by atoms with Gasteiger partial charge in [0.05, 0.1) is 23.1 Å². The number of carbonyl (C=O) groups excluding carboxylic acids is 1. The highest BCUT2D eigenvalue weighted by atomic mass is 32.1. The van der Waals surface area contributed by atoms with Crippen LogP contribution in [0.4, 0.5) is 15.9 Å². The van der Waals surface area contributed by atoms with Crippen molar-refractivity contribution in [2.45, 2.75) is 6.92 Å². The van der Waals surface area contributed by atoms with Crippen LogP contribution in [0, 0.1) is 12.7 Å². The molecule has 0 aliphatic carbocycles. The summed E-state index contributed by atoms with van der Waals surface area (Å²) in [7, 11) is 3.54. The fraction of sp³-hybridized carbons (Fsp3) is 0.350. The molecule has 29 heavy (non-hydrogen) atoms. The van der Waals surface area contributed by atoms with Gasteiger partial charge in [0.15, 0.2) is 0 Å². The van der Waals surface area contributed by atoms with Crippen molar-refractivity contribution in [2.75, 3.05) is 45.7 Å². The van der Waals surface area contributed by atoms with Crippen molar-refractivity contribution in [3.05, 3.63) is 40.8 Å². The summed E-state index contributed by atoms with van der Waals surface area (Å²) >= 11 is 1.38. The first-order valence-electron chi connectivity index (χ1n) is 9.30. The van der Waals surface area contributed by atoms with Crippen molar-refractivity contribution in [3.8, 4) is 5.75 Å². The molecule has 1 aromatic carbocycles. The lowest BCUT2D eigenvalue weighted by atomic mass is 10.1. The quantitative estimate of drug-likeness (QED) is 0.705. The lowest BCUT2D eigenvalue weighted by Gasteiger charge is -2.32. The van der Waals surface area contributed by atoms with E-state index in [-0.39, 0.29) is 11.7 Å². The van der Waals surface area contributed by atoms with Crippen molar-refractivity contribution in [2.24, 2.45) is 0 Å². The van der Waals surface area contributed by atoms with Crippen LogP contribution >= 0.6 is 11.3 Å². The Balaban J connectivity index is 1.70. The molecule has 3 aromatic rings. The first-order valence-corrected chi connectivity index (χ1v) is 10.1. The molecule has 0 saturated carbocycles. The number of fused-ring (bicyclic) bond motifs is 1. The third-order valence-corrected chi connectivity index (χ3v) is 6.32. The number of likely N-dealkylation sites (N-methyl/N-ethyl adjacent to an activating group) is 1. The molecule has 1 aliphatic rings. The van der Waals surface area contributed by atoms with Gasteiger partial charge in [-0.3, -0.25) is 4.79 Å². The molecule has 9 heteroatoms. The Morgan fingerprint density at radius 2 is 2.00 bits per heavy atom. The molecule has 0 bridgehead atoms. The second kappa shape index (κ2) is 7.92. The molecule has 1 N–H and O–H groups in total. The van der Waals surface area contributed by atoms with E-state index in [1.165, 1.54) is 36.9 Å². The molecule has 152 valence electrons. The number of anilines is 2. The van der Waals surface area contributed by atoms with Gasteiger partial charge < -0.3 is 19.9 Å². The largest absolute Gasteiger partial charge is 0.494 e. The average molecular weight is 415 g/mol. The Morgan fingerprint density at radius 1 is 1.24 bits per heavy atom. The van der Waals surface area contributed by atoms with Crippen LogP contribution in [0.15, 0.2) is 24.5 Å². The number of carbonyl (C=O) groups is 1. The monoisotopic (exact) mass is 415 g/mol. The number of rotatable bonds is 4. The van der Waals surface area contributed by atoms with E-state index in [9.17, 15) is 9.18 Å². The topological polar surface area (TPSA) is 70.6 Å². The number of aryl methyl sites for hydroxylation is 1. The summed E-state index contributed by atoms with van der Waals surface area (Å²) in [6, 6.07) is 4.26. The van der Waals surface area contributed by atoms with Gasteiger partial charge in [0, 0.05) is 32.2 Å². The number of benzene rings is 1. The zero-order valence-corrected chi connectivity index (χ0v) is 17.3. The molecule has 4 rings (SSSR count). The Kier molecular flexibility index (Phi) is 5.33. The predicted octanol–water partition coefficient (Wildman–Crippen LogP) is 3.28. The van der Waals surface area contributed by atoms with Gasteiger partial charge in [-0.2, -0.15) is 0 Å². The molecule has 0 radical (unpaired) electrons. The van der Waals surface area contributed by atoms with Crippen molar-refractivity contribution >= 4 is 39.0 Å². The standard InChI is InChI=1S/C20H22FN5O2S/c1-12-16-18(24-14-5-4-13(21)10-15(14)28-3)22-11-23-19(16)29-17(12)20(27)26-8-6-25(2)7-9-26/h4-5,10-11H,6-9H2,1-3H3,(H,22,23,24). The van der Waals surface area contributed by atoms with Crippen LogP contribution in [0.25, 0.3) is 10.2 Å². The number of aromatic nitrogens is 2. The summed E-state index contributed by atoms with van der Waals surface area (Å²) in [4.78, 5) is 27.3. The number of piperazine rings is 1. The molecule has 0 atom stereocenters. The minimum Gasteiger partial charge on any atom is -0.494 e. The summed E-state index contributed by atoms with van der Waals surface area (Å²) in [5.74, 6) is 0.584. The zero-order valence-electron chi connectivity index (χ0n) is 16.5. The average Bonchev–Trinajstić information content (AvgIpc) is 3.07. The lowest BCUT2D eigenvalue weighted by molar-refractivity contribution is 0.0668. The van der Waals surface area contributed by atoms with Gasteiger partial charge in [-0.25, -0.2) is 14.4 Å². The summed E-state index contributed by atoms with van der Waals surface area (Å²) in [6.45, 7) is 5.08. The number of methoxy groups -OCH3 is 1. The fourth-order valence-corrected chi connectivity index (χ4v) is 4.54. The van der Waals surface area contributed by atoms with Crippen LogP contribution in [0.2, 0.25) is 0 Å². The zero-order chi connectivity index (χ0) is 20.5. The Bertz CT molecular complexity index is 1060. The SMILES string of the molecule is COc1cc(F)ccc1Nc1ncnc2sc(C(=O)N3CCN(C)CC3)c(C)c12. The summed E-state index contributed by atoms with van der Waals surface area (Å²) in [5, 5.41) is 4.00. The van der Waals surface area contributed by atoms with Gasteiger partial charge in [0.2, 0.25) is 0 Å². The minimum atomic E-state index is -0.382. The Morgan fingerprint density at radius 3 is 2.72 bits per heavy atom. The molecule has 1 saturated heterocycles. The second-order valence-electron chi connectivity index (χ2n) is 7.02. The van der Waals surface area contributed by atoms with Crippen LogP contribution in [0.3, 0.4) is 0 Å². The fourth-order valence-electron chi connectivity index (χ4n) is 3.42.